The normalized spacial score (nSPS) is 10.3. The van der Waals surface area contributed by atoms with Gasteiger partial charge in [0.25, 0.3) is 0 Å². The Morgan fingerprint density at radius 1 is 0.750 bits per heavy atom. The van der Waals surface area contributed by atoms with E-state index in [0.717, 1.165) is 11.1 Å². The Hall–Kier alpha value is -2.36. The maximum Gasteiger partial charge on any atom is 0.161 e. The van der Waals surface area contributed by atoms with Crippen molar-refractivity contribution in [2.24, 2.45) is 0 Å². The van der Waals surface area contributed by atoms with Gasteiger partial charge in [0.05, 0.1) is 0 Å². The third-order valence-corrected chi connectivity index (χ3v) is 3.00. The fourth-order valence-electron chi connectivity index (χ4n) is 1.80. The summed E-state index contributed by atoms with van der Waals surface area (Å²) in [5, 5.41) is 19.6. The number of phenols is 2. The minimum Gasteiger partial charge on any atom is -0.504 e. The van der Waals surface area contributed by atoms with Gasteiger partial charge in [-0.2, -0.15) is 0 Å². The molecule has 0 fully saturated rings. The Balaban J connectivity index is 1.88. The van der Waals surface area contributed by atoms with E-state index < -0.39 is 0 Å². The van der Waals surface area contributed by atoms with Crippen LogP contribution < -0.4 is 9.47 Å². The molecule has 0 amide bonds. The van der Waals surface area contributed by atoms with E-state index in [1.165, 1.54) is 0 Å². The van der Waals surface area contributed by atoms with Gasteiger partial charge in [0.2, 0.25) is 0 Å². The van der Waals surface area contributed by atoms with Gasteiger partial charge in [-0.3, -0.25) is 0 Å². The van der Waals surface area contributed by atoms with E-state index in [2.05, 4.69) is 0 Å². The highest BCUT2D eigenvalue weighted by atomic mass is 16.5. The molecule has 20 heavy (non-hydrogen) atoms. The van der Waals surface area contributed by atoms with Gasteiger partial charge in [0, 0.05) is 0 Å². The number of phenolic OH excluding ortho intramolecular Hbond substituents is 2. The number of para-hydroxylation sites is 2. The number of aryl methyl sites for hydroxylation is 2. The van der Waals surface area contributed by atoms with Crippen LogP contribution in [0.5, 0.6) is 23.0 Å². The van der Waals surface area contributed by atoms with Crippen molar-refractivity contribution in [1.82, 2.24) is 0 Å². The van der Waals surface area contributed by atoms with E-state index in [0.29, 0.717) is 11.5 Å². The SMILES string of the molecule is Cc1cccc(OCCOc2cccc(C)c2O)c1O. The van der Waals surface area contributed by atoms with Crippen LogP contribution in [0.25, 0.3) is 0 Å². The summed E-state index contributed by atoms with van der Waals surface area (Å²) in [6.07, 6.45) is 0. The molecule has 0 radical (unpaired) electrons. The van der Waals surface area contributed by atoms with E-state index in [4.69, 9.17) is 9.47 Å². The van der Waals surface area contributed by atoms with Gasteiger partial charge in [-0.1, -0.05) is 24.3 Å². The molecular weight excluding hydrogens is 256 g/mol. The summed E-state index contributed by atoms with van der Waals surface area (Å²) in [5.74, 6) is 1.15. The second kappa shape index (κ2) is 6.19. The molecule has 2 aromatic carbocycles. The van der Waals surface area contributed by atoms with Crippen molar-refractivity contribution in [2.45, 2.75) is 13.8 Å². The number of rotatable bonds is 5. The number of hydrogen-bond acceptors (Lipinski definition) is 4. The third-order valence-electron chi connectivity index (χ3n) is 3.00. The predicted octanol–water partition coefficient (Wildman–Crippen LogP) is 3.17. The van der Waals surface area contributed by atoms with E-state index in [9.17, 15) is 10.2 Å². The lowest BCUT2D eigenvalue weighted by Gasteiger charge is -2.12. The van der Waals surface area contributed by atoms with Gasteiger partial charge in [-0.15, -0.1) is 0 Å². The Morgan fingerprint density at radius 2 is 1.15 bits per heavy atom. The molecule has 106 valence electrons. The van der Waals surface area contributed by atoms with Crippen LogP contribution in [0.15, 0.2) is 36.4 Å². The lowest BCUT2D eigenvalue weighted by Crippen LogP contribution is -2.09. The average molecular weight is 274 g/mol. The highest BCUT2D eigenvalue weighted by Gasteiger charge is 2.06. The second-order valence-electron chi connectivity index (χ2n) is 4.54. The summed E-state index contributed by atoms with van der Waals surface area (Å²) >= 11 is 0. The Kier molecular flexibility index (Phi) is 4.35. The van der Waals surface area contributed by atoms with Crippen LogP contribution in [-0.2, 0) is 0 Å². The molecule has 4 nitrogen and oxygen atoms in total. The minimum atomic E-state index is 0.144. The minimum absolute atomic E-state index is 0.144. The summed E-state index contributed by atoms with van der Waals surface area (Å²) in [5.41, 5.74) is 1.53. The molecule has 4 heteroatoms. The van der Waals surface area contributed by atoms with Gasteiger partial charge in [0.1, 0.15) is 13.2 Å². The van der Waals surface area contributed by atoms with Crippen LogP contribution >= 0.6 is 0 Å². The zero-order valence-electron chi connectivity index (χ0n) is 11.6. The van der Waals surface area contributed by atoms with Crippen molar-refractivity contribution < 1.29 is 19.7 Å². The first-order chi connectivity index (χ1) is 9.59. The zero-order chi connectivity index (χ0) is 14.5. The number of ether oxygens (including phenoxy) is 2. The van der Waals surface area contributed by atoms with Crippen molar-refractivity contribution in [3.63, 3.8) is 0 Å². The van der Waals surface area contributed by atoms with Gasteiger partial charge < -0.3 is 19.7 Å². The number of aromatic hydroxyl groups is 2. The molecule has 0 spiro atoms. The highest BCUT2D eigenvalue weighted by molar-refractivity contribution is 5.45. The molecule has 2 aromatic rings. The standard InChI is InChI=1S/C16H18O4/c1-11-5-3-7-13(15(11)17)19-9-10-20-14-8-4-6-12(2)16(14)18/h3-8,17-18H,9-10H2,1-2H3. The third kappa shape index (κ3) is 3.15. The summed E-state index contributed by atoms with van der Waals surface area (Å²) in [6.45, 7) is 4.18. The molecule has 0 aliphatic carbocycles. The first-order valence-electron chi connectivity index (χ1n) is 6.42. The predicted molar refractivity (Wildman–Crippen MR) is 76.7 cm³/mol. The summed E-state index contributed by atoms with van der Waals surface area (Å²) in [4.78, 5) is 0. The van der Waals surface area contributed by atoms with Crippen LogP contribution in [0, 0.1) is 13.8 Å². The van der Waals surface area contributed by atoms with Crippen molar-refractivity contribution in [1.29, 1.82) is 0 Å². The molecule has 0 saturated carbocycles. The van der Waals surface area contributed by atoms with Crippen molar-refractivity contribution in [3.05, 3.63) is 47.5 Å². The fraction of sp³-hybridized carbons (Fsp3) is 0.250. The quantitative estimate of drug-likeness (QED) is 0.822. The molecule has 0 aromatic heterocycles. The van der Waals surface area contributed by atoms with E-state index in [1.807, 2.05) is 38.1 Å². The highest BCUT2D eigenvalue weighted by Crippen LogP contribution is 2.30. The molecule has 2 N–H and O–H groups in total. The van der Waals surface area contributed by atoms with Gasteiger partial charge in [-0.25, -0.2) is 0 Å². The monoisotopic (exact) mass is 274 g/mol. The molecule has 0 aliphatic rings. The van der Waals surface area contributed by atoms with Crippen LogP contribution in [0.2, 0.25) is 0 Å². The number of benzene rings is 2. The zero-order valence-corrected chi connectivity index (χ0v) is 11.6. The summed E-state index contributed by atoms with van der Waals surface area (Å²) < 4.78 is 10.9. The summed E-state index contributed by atoms with van der Waals surface area (Å²) in [7, 11) is 0. The molecule has 0 aliphatic heterocycles. The first kappa shape index (κ1) is 14.1. The second-order valence-corrected chi connectivity index (χ2v) is 4.54. The fourth-order valence-corrected chi connectivity index (χ4v) is 1.80. The topological polar surface area (TPSA) is 58.9 Å². The Labute approximate surface area is 118 Å². The first-order valence-corrected chi connectivity index (χ1v) is 6.42. The lowest BCUT2D eigenvalue weighted by atomic mass is 10.2. The van der Waals surface area contributed by atoms with Gasteiger partial charge >= 0.3 is 0 Å². The van der Waals surface area contributed by atoms with Crippen molar-refractivity contribution >= 4 is 0 Å². The smallest absolute Gasteiger partial charge is 0.161 e. The maximum absolute atomic E-state index is 9.79. The van der Waals surface area contributed by atoms with Gasteiger partial charge in [0.15, 0.2) is 23.0 Å². The van der Waals surface area contributed by atoms with E-state index in [1.54, 1.807) is 12.1 Å². The van der Waals surface area contributed by atoms with E-state index in [-0.39, 0.29) is 24.7 Å². The summed E-state index contributed by atoms with van der Waals surface area (Å²) in [6, 6.07) is 10.7. The van der Waals surface area contributed by atoms with Crippen LogP contribution in [-0.4, -0.2) is 23.4 Å². The van der Waals surface area contributed by atoms with Gasteiger partial charge in [-0.05, 0) is 37.1 Å². The largest absolute Gasteiger partial charge is 0.504 e. The molecule has 0 bridgehead atoms. The number of hydrogen-bond donors (Lipinski definition) is 2. The molecule has 0 unspecified atom stereocenters. The molecule has 2 rings (SSSR count). The lowest BCUT2D eigenvalue weighted by molar-refractivity contribution is 0.207. The van der Waals surface area contributed by atoms with E-state index >= 15 is 0 Å². The van der Waals surface area contributed by atoms with Crippen LogP contribution in [0.4, 0.5) is 0 Å². The molecular formula is C16H18O4. The Bertz CT molecular complexity index is 540. The Morgan fingerprint density at radius 3 is 1.55 bits per heavy atom. The molecule has 0 heterocycles. The molecule has 0 saturated heterocycles. The average Bonchev–Trinajstić information content (AvgIpc) is 2.43. The van der Waals surface area contributed by atoms with Crippen LogP contribution in [0.1, 0.15) is 11.1 Å². The van der Waals surface area contributed by atoms with Crippen molar-refractivity contribution in [2.75, 3.05) is 13.2 Å². The van der Waals surface area contributed by atoms with Crippen LogP contribution in [0.3, 0.4) is 0 Å². The molecule has 0 atom stereocenters. The maximum atomic E-state index is 9.79. The van der Waals surface area contributed by atoms with Crippen molar-refractivity contribution in [3.8, 4) is 23.0 Å².